The number of rotatable bonds is 8. The molecule has 1 heterocycles. The zero-order valence-electron chi connectivity index (χ0n) is 26.9. The maximum absolute atomic E-state index is 13.9. The molecular formula is C34H44F3N3O5. The van der Waals surface area contributed by atoms with Crippen LogP contribution in [0.4, 0.5) is 23.7 Å². The van der Waals surface area contributed by atoms with Crippen LogP contribution in [0, 0.1) is 11.3 Å². The van der Waals surface area contributed by atoms with E-state index in [-0.39, 0.29) is 36.1 Å². The number of hydrogen-bond acceptors (Lipinski definition) is 5. The number of ether oxygens (including phenoxy) is 2. The van der Waals surface area contributed by atoms with Crippen molar-refractivity contribution in [3.05, 3.63) is 59.7 Å². The van der Waals surface area contributed by atoms with Crippen LogP contribution >= 0.6 is 0 Å². The van der Waals surface area contributed by atoms with Crippen molar-refractivity contribution in [1.82, 2.24) is 10.2 Å². The molecular weight excluding hydrogens is 587 g/mol. The lowest BCUT2D eigenvalue weighted by Gasteiger charge is -2.45. The molecule has 8 nitrogen and oxygen atoms in total. The molecule has 0 aromatic heterocycles. The zero-order valence-corrected chi connectivity index (χ0v) is 26.9. The van der Waals surface area contributed by atoms with E-state index in [9.17, 15) is 27.6 Å². The van der Waals surface area contributed by atoms with Gasteiger partial charge in [-0.3, -0.25) is 14.5 Å². The minimum Gasteiger partial charge on any atom is -0.460 e. The zero-order chi connectivity index (χ0) is 33.2. The van der Waals surface area contributed by atoms with Crippen molar-refractivity contribution in [2.45, 2.75) is 97.7 Å². The van der Waals surface area contributed by atoms with Gasteiger partial charge in [0.25, 0.3) is 5.91 Å². The molecule has 1 aliphatic heterocycles. The third-order valence-electron chi connectivity index (χ3n) is 8.60. The summed E-state index contributed by atoms with van der Waals surface area (Å²) in [5.74, 6) is -0.535. The van der Waals surface area contributed by atoms with Gasteiger partial charge in [0.1, 0.15) is 11.4 Å². The first-order valence-corrected chi connectivity index (χ1v) is 15.4. The number of hydrogen-bond donors (Lipinski definition) is 1. The fourth-order valence-corrected chi connectivity index (χ4v) is 6.23. The van der Waals surface area contributed by atoms with E-state index in [4.69, 9.17) is 4.74 Å². The number of amides is 3. The number of alkyl halides is 3. The van der Waals surface area contributed by atoms with Gasteiger partial charge in [-0.05, 0) is 99.7 Å². The van der Waals surface area contributed by atoms with E-state index >= 15 is 0 Å². The van der Waals surface area contributed by atoms with Crippen molar-refractivity contribution in [1.29, 1.82) is 0 Å². The predicted octanol–water partition coefficient (Wildman–Crippen LogP) is 7.46. The fraction of sp³-hybridized carbons (Fsp3) is 0.559. The van der Waals surface area contributed by atoms with Crippen molar-refractivity contribution < 1.29 is 37.0 Å². The average molecular weight is 632 g/mol. The first kappa shape index (κ1) is 34.1. The lowest BCUT2D eigenvalue weighted by atomic mass is 9.67. The second-order valence-corrected chi connectivity index (χ2v) is 14.2. The number of carbonyl (C=O) groups excluding carboxylic acids is 3. The van der Waals surface area contributed by atoms with E-state index in [2.05, 4.69) is 30.8 Å². The molecule has 1 saturated carbocycles. The summed E-state index contributed by atoms with van der Waals surface area (Å²) in [4.78, 5) is 42.1. The van der Waals surface area contributed by atoms with Gasteiger partial charge in [0.15, 0.2) is 0 Å². The van der Waals surface area contributed by atoms with Crippen LogP contribution in [-0.4, -0.2) is 53.4 Å². The van der Waals surface area contributed by atoms with E-state index in [1.165, 1.54) is 24.3 Å². The number of nitrogens with one attached hydrogen (secondary N) is 1. The van der Waals surface area contributed by atoms with Gasteiger partial charge >= 0.3 is 18.4 Å². The fourth-order valence-electron chi connectivity index (χ4n) is 6.23. The minimum absolute atomic E-state index is 0.0604. The number of anilines is 1. The van der Waals surface area contributed by atoms with Gasteiger partial charge in [-0.2, -0.15) is 0 Å². The molecule has 45 heavy (non-hydrogen) atoms. The average Bonchev–Trinajstić information content (AvgIpc) is 3.18. The van der Waals surface area contributed by atoms with E-state index in [0.717, 1.165) is 31.2 Å². The summed E-state index contributed by atoms with van der Waals surface area (Å²) in [6, 6.07) is 12.2. The molecule has 3 amide bonds. The summed E-state index contributed by atoms with van der Waals surface area (Å²) in [6.45, 7) is 13.0. The van der Waals surface area contributed by atoms with Crippen molar-refractivity contribution >= 4 is 23.6 Å². The highest BCUT2D eigenvalue weighted by Crippen LogP contribution is 2.47. The number of benzene rings is 2. The summed E-state index contributed by atoms with van der Waals surface area (Å²) < 4.78 is 47.3. The molecule has 2 fully saturated rings. The lowest BCUT2D eigenvalue weighted by molar-refractivity contribution is -0.274. The minimum atomic E-state index is -4.80. The molecule has 0 bridgehead atoms. The highest BCUT2D eigenvalue weighted by molar-refractivity contribution is 5.96. The molecule has 1 saturated heterocycles. The normalized spacial score (nSPS) is 20.8. The third kappa shape index (κ3) is 8.92. The summed E-state index contributed by atoms with van der Waals surface area (Å²) in [7, 11) is 0. The van der Waals surface area contributed by atoms with Crippen LogP contribution < -0.4 is 15.0 Å². The van der Waals surface area contributed by atoms with Crippen molar-refractivity contribution in [2.24, 2.45) is 11.3 Å². The van der Waals surface area contributed by atoms with Gasteiger partial charge in [-0.25, -0.2) is 4.79 Å². The van der Waals surface area contributed by atoms with Crippen LogP contribution in [0.15, 0.2) is 48.5 Å². The number of carbonyl (C=O) groups is 3. The third-order valence-corrected chi connectivity index (χ3v) is 8.60. The Bertz CT molecular complexity index is 1350. The number of nitrogens with zero attached hydrogens (tertiary/aromatic N) is 2. The predicted molar refractivity (Wildman–Crippen MR) is 165 cm³/mol. The summed E-state index contributed by atoms with van der Waals surface area (Å²) in [5, 5.41) is 2.74. The van der Waals surface area contributed by atoms with Gasteiger partial charge in [-0.15, -0.1) is 13.2 Å². The standard InChI is InChI=1S/C34H44F3N3O5/c1-31(2,3)25-15-18-33(19-16-25)22-39(26-11-13-27(14-12-26)44-34(35,36)37)30(43)40(33)21-23-7-9-24(10-8-23)29(42)38-20-17-28(41)45-32(4,5)6/h7-14,25H,15-22H2,1-6H3,(H,38,42)/t25-,33-. The first-order chi connectivity index (χ1) is 20.9. The van der Waals surface area contributed by atoms with E-state index in [0.29, 0.717) is 30.3 Å². The molecule has 2 aromatic carbocycles. The monoisotopic (exact) mass is 631 g/mol. The van der Waals surface area contributed by atoms with Gasteiger partial charge in [0.05, 0.1) is 18.5 Å². The summed E-state index contributed by atoms with van der Waals surface area (Å²) in [6.07, 6.45) is -1.20. The molecule has 246 valence electrons. The Labute approximate surface area is 263 Å². The maximum atomic E-state index is 13.9. The lowest BCUT2D eigenvalue weighted by Crippen LogP contribution is -2.50. The van der Waals surface area contributed by atoms with Crippen LogP contribution in [0.2, 0.25) is 0 Å². The van der Waals surface area contributed by atoms with Crippen molar-refractivity contribution in [2.75, 3.05) is 18.0 Å². The molecule has 11 heteroatoms. The van der Waals surface area contributed by atoms with Crippen molar-refractivity contribution in [3.8, 4) is 5.75 Å². The van der Waals surface area contributed by atoms with Gasteiger partial charge in [0, 0.05) is 24.3 Å². The van der Waals surface area contributed by atoms with Gasteiger partial charge in [-0.1, -0.05) is 32.9 Å². The van der Waals surface area contributed by atoms with E-state index < -0.39 is 23.5 Å². The molecule has 2 aromatic rings. The second-order valence-electron chi connectivity index (χ2n) is 14.2. The Morgan fingerprint density at radius 1 is 0.933 bits per heavy atom. The Kier molecular flexibility index (Phi) is 9.80. The van der Waals surface area contributed by atoms with Crippen LogP contribution in [0.25, 0.3) is 0 Å². The SMILES string of the molecule is CC(C)(C)OC(=O)CCNC(=O)c1ccc(CN2C(=O)N(c3ccc(OC(F)(F)F)cc3)C[C@]23CC[C@@H](C(C)(C)C)CC3)cc1. The number of esters is 1. The van der Waals surface area contributed by atoms with Crippen LogP contribution in [-0.2, 0) is 16.1 Å². The largest absolute Gasteiger partial charge is 0.573 e. The van der Waals surface area contributed by atoms with Crippen LogP contribution in [0.5, 0.6) is 5.75 Å². The smallest absolute Gasteiger partial charge is 0.460 e. The molecule has 1 spiro atoms. The topological polar surface area (TPSA) is 88.2 Å². The molecule has 4 rings (SSSR count). The van der Waals surface area contributed by atoms with E-state index in [1.54, 1.807) is 37.8 Å². The molecule has 2 aliphatic rings. The molecule has 1 N–H and O–H groups in total. The summed E-state index contributed by atoms with van der Waals surface area (Å²) >= 11 is 0. The Morgan fingerprint density at radius 2 is 1.53 bits per heavy atom. The van der Waals surface area contributed by atoms with Gasteiger partial charge < -0.3 is 19.7 Å². The highest BCUT2D eigenvalue weighted by atomic mass is 19.4. The summed E-state index contributed by atoms with van der Waals surface area (Å²) in [5.41, 5.74) is 0.906. The molecule has 0 unspecified atom stereocenters. The molecule has 0 atom stereocenters. The number of urea groups is 1. The highest BCUT2D eigenvalue weighted by Gasteiger charge is 2.52. The Morgan fingerprint density at radius 3 is 2.07 bits per heavy atom. The number of halogens is 3. The molecule has 0 radical (unpaired) electrons. The first-order valence-electron chi connectivity index (χ1n) is 15.4. The quantitative estimate of drug-likeness (QED) is 0.306. The van der Waals surface area contributed by atoms with Crippen molar-refractivity contribution in [3.63, 3.8) is 0 Å². The Balaban J connectivity index is 1.47. The molecule has 1 aliphatic carbocycles. The van der Waals surface area contributed by atoms with Crippen LogP contribution in [0.3, 0.4) is 0 Å². The Hall–Kier alpha value is -3.76. The van der Waals surface area contributed by atoms with Crippen LogP contribution in [0.1, 0.15) is 89.6 Å². The maximum Gasteiger partial charge on any atom is 0.573 e. The van der Waals surface area contributed by atoms with Gasteiger partial charge in [0.2, 0.25) is 0 Å². The van der Waals surface area contributed by atoms with E-state index in [1.807, 2.05) is 17.0 Å². The second kappa shape index (κ2) is 12.9.